The van der Waals surface area contributed by atoms with Crippen LogP contribution in [0.2, 0.25) is 0 Å². The number of nitrogens with zero attached hydrogens (tertiary/aromatic N) is 4. The second-order valence-corrected chi connectivity index (χ2v) is 4.71. The van der Waals surface area contributed by atoms with Gasteiger partial charge >= 0.3 is 0 Å². The third-order valence-corrected chi connectivity index (χ3v) is 2.71. The largest absolute Gasteiger partial charge is 0.349 e. The monoisotopic (exact) mass is 262 g/mol. The van der Waals surface area contributed by atoms with Crippen LogP contribution in [0.5, 0.6) is 0 Å². The zero-order valence-electron chi connectivity index (χ0n) is 11.3. The third-order valence-electron chi connectivity index (χ3n) is 2.71. The van der Waals surface area contributed by atoms with E-state index in [4.69, 9.17) is 5.73 Å². The summed E-state index contributed by atoms with van der Waals surface area (Å²) in [6, 6.07) is 1.94. The molecular formula is C12H18N6O. The van der Waals surface area contributed by atoms with E-state index in [1.165, 1.54) is 0 Å². The molecule has 7 nitrogen and oxygen atoms in total. The van der Waals surface area contributed by atoms with Crippen molar-refractivity contribution in [2.75, 3.05) is 6.54 Å². The first-order chi connectivity index (χ1) is 8.97. The van der Waals surface area contributed by atoms with Crippen LogP contribution in [0.25, 0.3) is 5.78 Å². The van der Waals surface area contributed by atoms with Crippen LogP contribution in [0.3, 0.4) is 0 Å². The number of aromatic nitrogens is 4. The van der Waals surface area contributed by atoms with Crippen molar-refractivity contribution in [3.05, 3.63) is 23.3 Å². The quantitative estimate of drug-likeness (QED) is 0.820. The van der Waals surface area contributed by atoms with Crippen LogP contribution < -0.4 is 11.1 Å². The first-order valence-electron chi connectivity index (χ1n) is 6.22. The zero-order chi connectivity index (χ0) is 14.0. The lowest BCUT2D eigenvalue weighted by Crippen LogP contribution is -2.29. The van der Waals surface area contributed by atoms with Crippen molar-refractivity contribution in [1.29, 1.82) is 0 Å². The summed E-state index contributed by atoms with van der Waals surface area (Å²) >= 11 is 0. The second-order valence-electron chi connectivity index (χ2n) is 4.71. The van der Waals surface area contributed by atoms with Gasteiger partial charge in [-0.3, -0.25) is 4.79 Å². The smallest absolute Gasteiger partial charge is 0.291 e. The number of aryl methyl sites for hydroxylation is 2. The first-order valence-corrected chi connectivity index (χ1v) is 6.22. The molecule has 1 amide bonds. The van der Waals surface area contributed by atoms with Crippen molar-refractivity contribution in [3.8, 4) is 0 Å². The molecule has 0 aliphatic rings. The van der Waals surface area contributed by atoms with Crippen LogP contribution >= 0.6 is 0 Å². The summed E-state index contributed by atoms with van der Waals surface area (Å²) in [7, 11) is 0. The van der Waals surface area contributed by atoms with Crippen LogP contribution in [-0.2, 0) is 0 Å². The Kier molecular flexibility index (Phi) is 3.75. The number of hydrogen-bond acceptors (Lipinski definition) is 5. The summed E-state index contributed by atoms with van der Waals surface area (Å²) in [5.41, 5.74) is 7.36. The number of carbonyl (C=O) groups excluding carboxylic acids is 1. The topological polar surface area (TPSA) is 98.2 Å². The Bertz CT molecular complexity index is 604. The van der Waals surface area contributed by atoms with Crippen molar-refractivity contribution < 1.29 is 4.79 Å². The van der Waals surface area contributed by atoms with Crippen LogP contribution in [0.1, 0.15) is 35.4 Å². The SMILES string of the molecule is Cc1cc(C)n2nc(C(=O)NCCC(C)N)nc2n1. The molecule has 19 heavy (non-hydrogen) atoms. The van der Waals surface area contributed by atoms with E-state index < -0.39 is 0 Å². The molecule has 0 spiro atoms. The first kappa shape index (κ1) is 13.4. The Morgan fingerprint density at radius 3 is 2.89 bits per heavy atom. The van der Waals surface area contributed by atoms with E-state index in [-0.39, 0.29) is 17.8 Å². The van der Waals surface area contributed by atoms with Crippen LogP contribution in [0.15, 0.2) is 6.07 Å². The third kappa shape index (κ3) is 3.05. The van der Waals surface area contributed by atoms with Crippen LogP contribution in [-0.4, -0.2) is 38.1 Å². The average Bonchev–Trinajstić information content (AvgIpc) is 2.72. The number of nitrogens with one attached hydrogen (secondary N) is 1. The molecule has 1 atom stereocenters. The minimum Gasteiger partial charge on any atom is -0.349 e. The maximum atomic E-state index is 11.9. The van der Waals surface area contributed by atoms with E-state index in [0.29, 0.717) is 12.3 Å². The highest BCUT2D eigenvalue weighted by molar-refractivity contribution is 5.90. The molecule has 0 aliphatic heterocycles. The Hall–Kier alpha value is -2.02. The minimum absolute atomic E-state index is 0.0564. The number of rotatable bonds is 4. The maximum absolute atomic E-state index is 11.9. The molecule has 0 fully saturated rings. The fraction of sp³-hybridized carbons (Fsp3) is 0.500. The van der Waals surface area contributed by atoms with Gasteiger partial charge in [0.25, 0.3) is 11.7 Å². The normalized spacial score (nSPS) is 12.6. The van der Waals surface area contributed by atoms with Gasteiger partial charge in [0.05, 0.1) is 0 Å². The standard InChI is InChI=1S/C12H18N6O/c1-7(13)4-5-14-11(19)10-16-12-15-8(2)6-9(3)18(12)17-10/h6-7H,4-5,13H2,1-3H3,(H,14,19). The summed E-state index contributed by atoms with van der Waals surface area (Å²) in [6.07, 6.45) is 0.718. The van der Waals surface area contributed by atoms with Gasteiger partial charge in [0.2, 0.25) is 5.82 Å². The predicted octanol–water partition coefficient (Wildman–Crippen LogP) is 0.208. The van der Waals surface area contributed by atoms with Gasteiger partial charge in [-0.1, -0.05) is 0 Å². The highest BCUT2D eigenvalue weighted by atomic mass is 16.2. The predicted molar refractivity (Wildman–Crippen MR) is 70.9 cm³/mol. The molecule has 2 aromatic rings. The molecule has 2 heterocycles. The van der Waals surface area contributed by atoms with Gasteiger partial charge in [0.15, 0.2) is 0 Å². The molecule has 0 saturated heterocycles. The van der Waals surface area contributed by atoms with Gasteiger partial charge in [-0.25, -0.2) is 9.50 Å². The molecule has 2 aromatic heterocycles. The van der Waals surface area contributed by atoms with E-state index in [9.17, 15) is 4.79 Å². The molecule has 1 unspecified atom stereocenters. The Morgan fingerprint density at radius 1 is 1.47 bits per heavy atom. The lowest BCUT2D eigenvalue weighted by atomic mass is 10.2. The number of fused-ring (bicyclic) bond motifs is 1. The van der Waals surface area contributed by atoms with Crippen LogP contribution in [0, 0.1) is 13.8 Å². The van der Waals surface area contributed by atoms with E-state index in [2.05, 4.69) is 20.4 Å². The molecule has 3 N–H and O–H groups in total. The highest BCUT2D eigenvalue weighted by Crippen LogP contribution is 2.05. The lowest BCUT2D eigenvalue weighted by molar-refractivity contribution is 0.0942. The van der Waals surface area contributed by atoms with Crippen LogP contribution in [0.4, 0.5) is 0 Å². The zero-order valence-corrected chi connectivity index (χ0v) is 11.3. The van der Waals surface area contributed by atoms with Gasteiger partial charge in [-0.15, -0.1) is 5.10 Å². The van der Waals surface area contributed by atoms with E-state index >= 15 is 0 Å². The average molecular weight is 262 g/mol. The Labute approximate surface area is 111 Å². The van der Waals surface area contributed by atoms with Gasteiger partial charge in [0.1, 0.15) is 0 Å². The number of amides is 1. The fourth-order valence-electron chi connectivity index (χ4n) is 1.75. The van der Waals surface area contributed by atoms with Gasteiger partial charge in [0, 0.05) is 24.0 Å². The molecule has 0 aromatic carbocycles. The minimum atomic E-state index is -0.303. The van der Waals surface area contributed by atoms with Gasteiger partial charge in [-0.2, -0.15) is 4.98 Å². The van der Waals surface area contributed by atoms with Crippen molar-refractivity contribution in [3.63, 3.8) is 0 Å². The van der Waals surface area contributed by atoms with Crippen molar-refractivity contribution >= 4 is 11.7 Å². The van der Waals surface area contributed by atoms with E-state index in [0.717, 1.165) is 17.8 Å². The Balaban J connectivity index is 2.17. The molecular weight excluding hydrogens is 244 g/mol. The van der Waals surface area contributed by atoms with E-state index in [1.807, 2.05) is 26.8 Å². The molecule has 102 valence electrons. The molecule has 0 radical (unpaired) electrons. The van der Waals surface area contributed by atoms with Gasteiger partial charge < -0.3 is 11.1 Å². The molecule has 2 rings (SSSR count). The summed E-state index contributed by atoms with van der Waals surface area (Å²) in [6.45, 7) is 6.18. The molecule has 0 saturated carbocycles. The number of nitrogens with two attached hydrogens (primary N) is 1. The van der Waals surface area contributed by atoms with E-state index in [1.54, 1.807) is 4.52 Å². The highest BCUT2D eigenvalue weighted by Gasteiger charge is 2.14. The summed E-state index contributed by atoms with van der Waals surface area (Å²) in [5, 5.41) is 6.89. The summed E-state index contributed by atoms with van der Waals surface area (Å²) in [5.74, 6) is 0.268. The Morgan fingerprint density at radius 2 is 2.21 bits per heavy atom. The second kappa shape index (κ2) is 5.31. The summed E-state index contributed by atoms with van der Waals surface area (Å²) < 4.78 is 1.56. The lowest BCUT2D eigenvalue weighted by Gasteiger charge is -2.04. The molecule has 7 heteroatoms. The number of hydrogen-bond donors (Lipinski definition) is 2. The maximum Gasteiger partial charge on any atom is 0.291 e. The number of carbonyl (C=O) groups is 1. The molecule has 0 bridgehead atoms. The summed E-state index contributed by atoms with van der Waals surface area (Å²) in [4.78, 5) is 20.2. The van der Waals surface area contributed by atoms with Crippen molar-refractivity contribution in [2.24, 2.45) is 5.73 Å². The fourth-order valence-corrected chi connectivity index (χ4v) is 1.75. The van der Waals surface area contributed by atoms with Gasteiger partial charge in [-0.05, 0) is 33.3 Å². The molecule has 0 aliphatic carbocycles. The van der Waals surface area contributed by atoms with Crippen molar-refractivity contribution in [2.45, 2.75) is 33.2 Å². The van der Waals surface area contributed by atoms with Crippen molar-refractivity contribution in [1.82, 2.24) is 24.9 Å².